The second-order valence-electron chi connectivity index (χ2n) is 4.56. The van der Waals surface area contributed by atoms with Crippen molar-refractivity contribution in [2.45, 2.75) is 26.7 Å². The van der Waals surface area contributed by atoms with Crippen LogP contribution in [0, 0.1) is 6.92 Å². The van der Waals surface area contributed by atoms with Crippen LogP contribution in [0.25, 0.3) is 10.4 Å². The molecule has 0 saturated heterocycles. The Morgan fingerprint density at radius 1 is 1.12 bits per heavy atom. The van der Waals surface area contributed by atoms with Crippen molar-refractivity contribution in [2.75, 3.05) is 7.11 Å². The molecule has 1 nitrogen and oxygen atoms in total. The van der Waals surface area contributed by atoms with E-state index in [0.717, 1.165) is 5.75 Å². The molecular formula is C15H18OS. The summed E-state index contributed by atoms with van der Waals surface area (Å²) >= 11 is 1.85. The van der Waals surface area contributed by atoms with E-state index in [2.05, 4.69) is 45.0 Å². The minimum absolute atomic E-state index is 0.588. The highest BCUT2D eigenvalue weighted by Crippen LogP contribution is 2.37. The number of hydrogen-bond donors (Lipinski definition) is 0. The number of thiophene rings is 1. The molecule has 0 fully saturated rings. The van der Waals surface area contributed by atoms with Gasteiger partial charge in [0, 0.05) is 15.3 Å². The molecule has 0 N–H and O–H groups in total. The van der Waals surface area contributed by atoms with Crippen molar-refractivity contribution in [3.05, 3.63) is 40.8 Å². The molecule has 2 rings (SSSR count). The zero-order valence-corrected chi connectivity index (χ0v) is 11.6. The van der Waals surface area contributed by atoms with Gasteiger partial charge in [-0.15, -0.1) is 11.3 Å². The van der Waals surface area contributed by atoms with Crippen LogP contribution in [-0.2, 0) is 0 Å². The first-order valence-corrected chi connectivity index (χ1v) is 6.68. The maximum absolute atomic E-state index is 5.43. The topological polar surface area (TPSA) is 9.23 Å². The fraction of sp³-hybridized carbons (Fsp3) is 0.333. The van der Waals surface area contributed by atoms with Crippen molar-refractivity contribution >= 4 is 11.3 Å². The molecule has 1 aromatic heterocycles. The van der Waals surface area contributed by atoms with Crippen LogP contribution >= 0.6 is 11.3 Å². The van der Waals surface area contributed by atoms with Gasteiger partial charge < -0.3 is 4.74 Å². The smallest absolute Gasteiger partial charge is 0.127 e. The highest BCUT2D eigenvalue weighted by molar-refractivity contribution is 7.15. The van der Waals surface area contributed by atoms with Crippen molar-refractivity contribution in [1.82, 2.24) is 0 Å². The maximum atomic E-state index is 5.43. The highest BCUT2D eigenvalue weighted by atomic mass is 32.1. The molecule has 0 unspecified atom stereocenters. The second kappa shape index (κ2) is 4.92. The lowest BCUT2D eigenvalue weighted by molar-refractivity contribution is 0.416. The quantitative estimate of drug-likeness (QED) is 0.751. The fourth-order valence-corrected chi connectivity index (χ4v) is 2.85. The zero-order chi connectivity index (χ0) is 12.4. The van der Waals surface area contributed by atoms with Crippen LogP contribution in [0.15, 0.2) is 30.3 Å². The SMILES string of the molecule is COc1ccc(C)cc1-c1ccc(C(C)C)s1. The van der Waals surface area contributed by atoms with Gasteiger partial charge in [-0.3, -0.25) is 0 Å². The molecule has 0 aliphatic carbocycles. The number of benzene rings is 1. The first-order valence-electron chi connectivity index (χ1n) is 5.86. The van der Waals surface area contributed by atoms with Crippen molar-refractivity contribution in [3.63, 3.8) is 0 Å². The summed E-state index contributed by atoms with van der Waals surface area (Å²) in [6.45, 7) is 6.56. The van der Waals surface area contributed by atoms with E-state index in [0.29, 0.717) is 5.92 Å². The molecule has 0 bridgehead atoms. The predicted molar refractivity (Wildman–Crippen MR) is 75.1 cm³/mol. The van der Waals surface area contributed by atoms with E-state index < -0.39 is 0 Å². The first-order chi connectivity index (χ1) is 8.11. The van der Waals surface area contributed by atoms with Gasteiger partial charge in [0.25, 0.3) is 0 Å². The lowest BCUT2D eigenvalue weighted by Crippen LogP contribution is -1.87. The Hall–Kier alpha value is -1.28. The predicted octanol–water partition coefficient (Wildman–Crippen LogP) is 4.86. The average Bonchev–Trinajstić information content (AvgIpc) is 2.78. The third kappa shape index (κ3) is 2.52. The normalized spacial score (nSPS) is 10.9. The monoisotopic (exact) mass is 246 g/mol. The summed E-state index contributed by atoms with van der Waals surface area (Å²) in [4.78, 5) is 2.71. The second-order valence-corrected chi connectivity index (χ2v) is 5.68. The van der Waals surface area contributed by atoms with Gasteiger partial charge in [0.2, 0.25) is 0 Å². The van der Waals surface area contributed by atoms with Crippen LogP contribution in [0.4, 0.5) is 0 Å². The van der Waals surface area contributed by atoms with Gasteiger partial charge in [-0.2, -0.15) is 0 Å². The van der Waals surface area contributed by atoms with Crippen LogP contribution in [0.2, 0.25) is 0 Å². The van der Waals surface area contributed by atoms with Crippen LogP contribution in [0.3, 0.4) is 0 Å². The van der Waals surface area contributed by atoms with Crippen LogP contribution in [0.1, 0.15) is 30.2 Å². The highest BCUT2D eigenvalue weighted by Gasteiger charge is 2.10. The summed E-state index contributed by atoms with van der Waals surface area (Å²) in [6.07, 6.45) is 0. The van der Waals surface area contributed by atoms with Gasteiger partial charge in [-0.25, -0.2) is 0 Å². The van der Waals surface area contributed by atoms with E-state index in [1.165, 1.54) is 20.9 Å². The molecule has 0 aliphatic heterocycles. The molecule has 2 heteroatoms. The standard InChI is InChI=1S/C15H18OS/c1-10(2)14-7-8-15(17-14)12-9-11(3)5-6-13(12)16-4/h5-10H,1-4H3. The Bertz CT molecular complexity index is 511. The molecule has 2 aromatic rings. The zero-order valence-electron chi connectivity index (χ0n) is 10.8. The molecule has 17 heavy (non-hydrogen) atoms. The molecule has 1 aromatic carbocycles. The lowest BCUT2D eigenvalue weighted by atomic mass is 10.1. The van der Waals surface area contributed by atoms with Crippen LogP contribution in [-0.4, -0.2) is 7.11 Å². The average molecular weight is 246 g/mol. The Morgan fingerprint density at radius 2 is 1.88 bits per heavy atom. The van der Waals surface area contributed by atoms with E-state index in [1.54, 1.807) is 7.11 Å². The van der Waals surface area contributed by atoms with Gasteiger partial charge >= 0.3 is 0 Å². The Labute approximate surface area is 107 Å². The minimum atomic E-state index is 0.588. The summed E-state index contributed by atoms with van der Waals surface area (Å²) in [5, 5.41) is 0. The number of aryl methyl sites for hydroxylation is 1. The molecule has 0 spiro atoms. The van der Waals surface area contributed by atoms with E-state index in [4.69, 9.17) is 4.74 Å². The van der Waals surface area contributed by atoms with Crippen molar-refractivity contribution < 1.29 is 4.74 Å². The van der Waals surface area contributed by atoms with E-state index in [-0.39, 0.29) is 0 Å². The largest absolute Gasteiger partial charge is 0.496 e. The van der Waals surface area contributed by atoms with Crippen LogP contribution < -0.4 is 4.74 Å². The minimum Gasteiger partial charge on any atom is -0.496 e. The summed E-state index contributed by atoms with van der Waals surface area (Å²) in [5.41, 5.74) is 2.46. The number of ether oxygens (including phenoxy) is 1. The lowest BCUT2D eigenvalue weighted by Gasteiger charge is -2.07. The molecule has 0 radical (unpaired) electrons. The van der Waals surface area contributed by atoms with E-state index in [9.17, 15) is 0 Å². The van der Waals surface area contributed by atoms with Gasteiger partial charge in [0.05, 0.1) is 7.11 Å². The maximum Gasteiger partial charge on any atom is 0.127 e. The summed E-state index contributed by atoms with van der Waals surface area (Å²) in [5.74, 6) is 1.54. The van der Waals surface area contributed by atoms with Gasteiger partial charge in [-0.05, 0) is 37.1 Å². The summed E-state index contributed by atoms with van der Waals surface area (Å²) in [7, 11) is 1.73. The number of methoxy groups -OCH3 is 1. The van der Waals surface area contributed by atoms with E-state index in [1.807, 2.05) is 17.4 Å². The molecule has 0 aliphatic rings. The van der Waals surface area contributed by atoms with Crippen molar-refractivity contribution in [3.8, 4) is 16.2 Å². The summed E-state index contributed by atoms with van der Waals surface area (Å²) in [6, 6.07) is 10.7. The number of hydrogen-bond acceptors (Lipinski definition) is 2. The first kappa shape index (κ1) is 12.2. The molecule has 0 atom stereocenters. The Kier molecular flexibility index (Phi) is 3.53. The molecule has 90 valence electrons. The van der Waals surface area contributed by atoms with Gasteiger partial charge in [0.15, 0.2) is 0 Å². The summed E-state index contributed by atoms with van der Waals surface area (Å²) < 4.78 is 5.43. The van der Waals surface area contributed by atoms with Gasteiger partial charge in [-0.1, -0.05) is 25.5 Å². The van der Waals surface area contributed by atoms with Crippen LogP contribution in [0.5, 0.6) is 5.75 Å². The van der Waals surface area contributed by atoms with Crippen molar-refractivity contribution in [2.24, 2.45) is 0 Å². The molecular weight excluding hydrogens is 228 g/mol. The van der Waals surface area contributed by atoms with E-state index >= 15 is 0 Å². The Balaban J connectivity index is 2.47. The van der Waals surface area contributed by atoms with Gasteiger partial charge in [0.1, 0.15) is 5.75 Å². The number of rotatable bonds is 3. The third-order valence-electron chi connectivity index (χ3n) is 2.82. The third-order valence-corrected chi connectivity index (χ3v) is 4.24. The molecule has 1 heterocycles. The van der Waals surface area contributed by atoms with Crippen molar-refractivity contribution in [1.29, 1.82) is 0 Å². The fourth-order valence-electron chi connectivity index (χ4n) is 1.82. The Morgan fingerprint density at radius 3 is 2.47 bits per heavy atom. The molecule has 0 amide bonds. The molecule has 0 saturated carbocycles.